The topological polar surface area (TPSA) is 26.3 Å². The molecule has 1 aliphatic carbocycles. The number of ketones is 1. The van der Waals surface area contributed by atoms with Crippen molar-refractivity contribution in [2.24, 2.45) is 17.3 Å². The number of unbranched alkanes of at least 4 members (excludes halogenated alkanes) is 1. The molecule has 2 atom stereocenters. The summed E-state index contributed by atoms with van der Waals surface area (Å²) < 4.78 is 5.86. The van der Waals surface area contributed by atoms with E-state index in [9.17, 15) is 4.79 Å². The number of Topliss-reactive ketones (excluding diaryl/α,β-unsaturated/α-hetero) is 1. The zero-order chi connectivity index (χ0) is 29.6. The number of ether oxygens (including phenoxy) is 1. The average molecular weight is 529 g/mol. The summed E-state index contributed by atoms with van der Waals surface area (Å²) in [6, 6.07) is 8.49. The Bertz CT molecular complexity index is 749. The van der Waals surface area contributed by atoms with Crippen molar-refractivity contribution in [2.45, 2.75) is 147 Å². The third-order valence-electron chi connectivity index (χ3n) is 6.66. The largest absolute Gasteiger partial charge is 0.494 e. The molecule has 1 aromatic carbocycles. The summed E-state index contributed by atoms with van der Waals surface area (Å²) in [6.45, 7) is 27.4. The van der Waals surface area contributed by atoms with E-state index in [0.717, 1.165) is 30.9 Å². The fourth-order valence-electron chi connectivity index (χ4n) is 4.42. The number of aryl methyl sites for hydroxylation is 1. The molecular weight excluding hydrogens is 464 g/mol. The summed E-state index contributed by atoms with van der Waals surface area (Å²) in [4.78, 5) is 12.3. The van der Waals surface area contributed by atoms with Gasteiger partial charge in [0, 0.05) is 18.8 Å². The van der Waals surface area contributed by atoms with Crippen molar-refractivity contribution in [1.82, 2.24) is 0 Å². The molecule has 0 saturated heterocycles. The van der Waals surface area contributed by atoms with E-state index in [-0.39, 0.29) is 11.3 Å². The van der Waals surface area contributed by atoms with Gasteiger partial charge in [-0.25, -0.2) is 0 Å². The maximum absolute atomic E-state index is 12.3. The van der Waals surface area contributed by atoms with Crippen molar-refractivity contribution in [3.8, 4) is 0 Å². The molecule has 1 unspecified atom stereocenters. The Morgan fingerprint density at radius 2 is 1.63 bits per heavy atom. The highest BCUT2D eigenvalue weighted by Gasteiger charge is 2.21. The second-order valence-corrected chi connectivity index (χ2v) is 11.2. The van der Waals surface area contributed by atoms with E-state index in [1.807, 2.05) is 41.5 Å². The predicted molar refractivity (Wildman–Crippen MR) is 171 cm³/mol. The Morgan fingerprint density at radius 3 is 2.16 bits per heavy atom. The molecule has 0 spiro atoms. The highest BCUT2D eigenvalue weighted by molar-refractivity contribution is 5.81. The normalized spacial score (nSPS) is 15.2. The smallest absolute Gasteiger partial charge is 0.136 e. The van der Waals surface area contributed by atoms with Gasteiger partial charge < -0.3 is 4.74 Å². The Hall–Kier alpha value is -1.83. The van der Waals surface area contributed by atoms with Crippen molar-refractivity contribution in [1.29, 1.82) is 0 Å². The minimum atomic E-state index is 0.108. The Balaban J connectivity index is 0. The van der Waals surface area contributed by atoms with Gasteiger partial charge in [0.15, 0.2) is 0 Å². The maximum atomic E-state index is 12.3. The standard InChI is InChI=1S/C30H46O2.3C2H6/c1-23-11-14-28(15-12-23)22-32-25(3)13-16-27-19-17-26(18-20-27)10-8-7-9-24(2)29(31)21-30(4,5)6;3*1-2/h11-12,14-15,19,24,26H,3,7-10,13,16-18,20-22H2,1-2,4-6H3;3*1-2H3/t24?,26-;;;/m1.../s1. The van der Waals surface area contributed by atoms with E-state index in [1.54, 1.807) is 5.57 Å². The molecule has 2 nitrogen and oxygen atoms in total. The second kappa shape index (κ2) is 23.1. The molecule has 1 aliphatic rings. The van der Waals surface area contributed by atoms with E-state index in [4.69, 9.17) is 4.74 Å². The maximum Gasteiger partial charge on any atom is 0.136 e. The van der Waals surface area contributed by atoms with E-state index in [2.05, 4.69) is 71.5 Å². The molecule has 220 valence electrons. The van der Waals surface area contributed by atoms with E-state index in [1.165, 1.54) is 49.7 Å². The van der Waals surface area contributed by atoms with Gasteiger partial charge in [0.05, 0.1) is 5.76 Å². The molecule has 0 N–H and O–H groups in total. The van der Waals surface area contributed by atoms with E-state index >= 15 is 0 Å². The van der Waals surface area contributed by atoms with Crippen molar-refractivity contribution in [2.75, 3.05) is 0 Å². The van der Waals surface area contributed by atoms with Crippen LogP contribution in [0.1, 0.15) is 145 Å². The van der Waals surface area contributed by atoms with Gasteiger partial charge >= 0.3 is 0 Å². The van der Waals surface area contributed by atoms with Crippen LogP contribution in [0.2, 0.25) is 0 Å². The van der Waals surface area contributed by atoms with Crippen LogP contribution in [0.4, 0.5) is 0 Å². The first kappa shape index (κ1) is 38.3. The fraction of sp³-hybridized carbons (Fsp3) is 0.694. The number of benzene rings is 1. The Labute approximate surface area is 238 Å². The predicted octanol–water partition coefficient (Wildman–Crippen LogP) is 11.8. The molecule has 0 saturated carbocycles. The number of carbonyl (C=O) groups is 1. The van der Waals surface area contributed by atoms with Crippen molar-refractivity contribution in [3.63, 3.8) is 0 Å². The van der Waals surface area contributed by atoms with Gasteiger partial charge in [0.2, 0.25) is 0 Å². The van der Waals surface area contributed by atoms with Gasteiger partial charge in [-0.2, -0.15) is 0 Å². The minimum Gasteiger partial charge on any atom is -0.494 e. The zero-order valence-corrected chi connectivity index (χ0v) is 27.3. The van der Waals surface area contributed by atoms with Crippen molar-refractivity contribution >= 4 is 5.78 Å². The molecule has 0 radical (unpaired) electrons. The van der Waals surface area contributed by atoms with Crippen LogP contribution in [-0.2, 0) is 16.1 Å². The van der Waals surface area contributed by atoms with Crippen LogP contribution in [0.5, 0.6) is 0 Å². The molecule has 2 rings (SSSR count). The lowest BCUT2D eigenvalue weighted by Gasteiger charge is -2.23. The summed E-state index contributed by atoms with van der Waals surface area (Å²) in [5, 5.41) is 0. The van der Waals surface area contributed by atoms with Gasteiger partial charge in [0.25, 0.3) is 0 Å². The van der Waals surface area contributed by atoms with E-state index < -0.39 is 0 Å². The third-order valence-corrected chi connectivity index (χ3v) is 6.66. The molecule has 0 amide bonds. The van der Waals surface area contributed by atoms with Crippen molar-refractivity contribution < 1.29 is 9.53 Å². The quantitative estimate of drug-likeness (QED) is 0.144. The van der Waals surface area contributed by atoms with Crippen LogP contribution in [0.25, 0.3) is 0 Å². The van der Waals surface area contributed by atoms with Crippen LogP contribution in [0.3, 0.4) is 0 Å². The first-order chi connectivity index (χ1) is 18.1. The van der Waals surface area contributed by atoms with Crippen LogP contribution in [-0.4, -0.2) is 5.78 Å². The highest BCUT2D eigenvalue weighted by atomic mass is 16.5. The summed E-state index contributed by atoms with van der Waals surface area (Å²) >= 11 is 0. The number of carbonyl (C=O) groups excluding carboxylic acids is 1. The Morgan fingerprint density at radius 1 is 1.03 bits per heavy atom. The monoisotopic (exact) mass is 528 g/mol. The van der Waals surface area contributed by atoms with Crippen molar-refractivity contribution in [3.05, 3.63) is 59.4 Å². The van der Waals surface area contributed by atoms with Gasteiger partial charge in [-0.3, -0.25) is 4.79 Å². The lowest BCUT2D eigenvalue weighted by Crippen LogP contribution is -2.19. The first-order valence-corrected chi connectivity index (χ1v) is 15.7. The summed E-state index contributed by atoms with van der Waals surface area (Å²) in [5.41, 5.74) is 4.15. The van der Waals surface area contributed by atoms with Gasteiger partial charge in [0.1, 0.15) is 12.4 Å². The average Bonchev–Trinajstić information content (AvgIpc) is 2.92. The number of hydrogen-bond donors (Lipinski definition) is 0. The lowest BCUT2D eigenvalue weighted by atomic mass is 9.83. The molecule has 0 bridgehead atoms. The number of allylic oxidation sites excluding steroid dienone is 3. The zero-order valence-electron chi connectivity index (χ0n) is 27.3. The second-order valence-electron chi connectivity index (χ2n) is 11.2. The van der Waals surface area contributed by atoms with Crippen LogP contribution >= 0.6 is 0 Å². The highest BCUT2D eigenvalue weighted by Crippen LogP contribution is 2.31. The Kier molecular flexibility index (Phi) is 23.3. The van der Waals surface area contributed by atoms with Crippen LogP contribution in [0.15, 0.2) is 48.3 Å². The number of rotatable bonds is 13. The molecule has 0 aromatic heterocycles. The number of hydrogen-bond acceptors (Lipinski definition) is 2. The van der Waals surface area contributed by atoms with Crippen LogP contribution in [0, 0.1) is 24.2 Å². The molecular formula is C36H64O2. The molecule has 1 aromatic rings. The van der Waals surface area contributed by atoms with Gasteiger partial charge in [-0.15, -0.1) is 0 Å². The van der Waals surface area contributed by atoms with Crippen LogP contribution < -0.4 is 0 Å². The first-order valence-electron chi connectivity index (χ1n) is 15.7. The molecule has 0 fully saturated rings. The molecule has 0 heterocycles. The van der Waals surface area contributed by atoms with Gasteiger partial charge in [-0.05, 0) is 55.9 Å². The molecule has 0 aliphatic heterocycles. The lowest BCUT2D eigenvalue weighted by molar-refractivity contribution is -0.124. The molecule has 2 heteroatoms. The third kappa shape index (κ3) is 19.3. The SMILES string of the molecule is C=C(CCC1=CC[C@@H](CCCCC(C)C(=O)CC(C)(C)C)CC1)OCc1ccc(C)cc1.CC.CC.CC. The molecule has 38 heavy (non-hydrogen) atoms. The minimum absolute atomic E-state index is 0.108. The summed E-state index contributed by atoms with van der Waals surface area (Å²) in [5.74, 6) is 2.37. The fourth-order valence-corrected chi connectivity index (χ4v) is 4.42. The summed E-state index contributed by atoms with van der Waals surface area (Å²) in [7, 11) is 0. The van der Waals surface area contributed by atoms with E-state index in [0.29, 0.717) is 18.8 Å². The van der Waals surface area contributed by atoms with Gasteiger partial charge in [-0.1, -0.05) is 137 Å². The summed E-state index contributed by atoms with van der Waals surface area (Å²) in [6.07, 6.45) is 13.7.